The fourth-order valence-electron chi connectivity index (χ4n) is 3.04. The van der Waals surface area contributed by atoms with Crippen LogP contribution in [0.15, 0.2) is 72.9 Å². The van der Waals surface area contributed by atoms with E-state index in [9.17, 15) is 9.18 Å². The summed E-state index contributed by atoms with van der Waals surface area (Å²) in [6.45, 7) is 5.27. The highest BCUT2D eigenvalue weighted by Gasteiger charge is 2.20. The molecule has 3 aromatic rings. The molecule has 0 saturated heterocycles. The van der Waals surface area contributed by atoms with Gasteiger partial charge in [0.15, 0.2) is 0 Å². The second-order valence-corrected chi connectivity index (χ2v) is 7.25. The Balaban J connectivity index is 1.58. The van der Waals surface area contributed by atoms with Gasteiger partial charge in [0, 0.05) is 19.1 Å². The smallest absolute Gasteiger partial charge is 0.272 e. The molecule has 150 valence electrons. The number of hydrogen-bond donors (Lipinski definition) is 1. The summed E-state index contributed by atoms with van der Waals surface area (Å²) in [5, 5.41) is 3.28. The van der Waals surface area contributed by atoms with Gasteiger partial charge in [0.1, 0.15) is 11.5 Å². The molecule has 1 N–H and O–H groups in total. The normalized spacial score (nSPS) is 10.8. The number of carbonyl (C=O) groups is 1. The largest absolute Gasteiger partial charge is 0.383 e. The third-order valence-electron chi connectivity index (χ3n) is 4.72. The summed E-state index contributed by atoms with van der Waals surface area (Å²) < 4.78 is 13.0. The maximum Gasteiger partial charge on any atom is 0.272 e. The maximum absolute atomic E-state index is 13.0. The van der Waals surface area contributed by atoms with Crippen LogP contribution in [0.4, 0.5) is 10.1 Å². The van der Waals surface area contributed by atoms with Crippen molar-refractivity contribution in [2.45, 2.75) is 32.9 Å². The lowest BCUT2D eigenvalue weighted by Crippen LogP contribution is -2.36. The molecule has 0 aliphatic rings. The van der Waals surface area contributed by atoms with Gasteiger partial charge in [-0.05, 0) is 55.7 Å². The van der Waals surface area contributed by atoms with Gasteiger partial charge in [0.2, 0.25) is 0 Å². The topological polar surface area (TPSA) is 45.2 Å². The Morgan fingerprint density at radius 3 is 2.34 bits per heavy atom. The standard InChI is InChI=1S/C24H26FN3O/c1-18(2)28(17-20-6-4-3-5-7-20)24(29)23-13-12-22(16-27-23)26-15-14-19-8-10-21(25)11-9-19/h3-13,16,18,26H,14-15,17H2,1-2H3. The molecule has 29 heavy (non-hydrogen) atoms. The number of pyridine rings is 1. The molecule has 5 heteroatoms. The van der Waals surface area contributed by atoms with Crippen molar-refractivity contribution in [3.05, 3.63) is 95.6 Å². The quantitative estimate of drug-likeness (QED) is 0.592. The highest BCUT2D eigenvalue weighted by atomic mass is 19.1. The fourth-order valence-corrected chi connectivity index (χ4v) is 3.04. The van der Waals surface area contributed by atoms with Gasteiger partial charge in [-0.3, -0.25) is 4.79 Å². The third kappa shape index (κ3) is 5.88. The average molecular weight is 391 g/mol. The van der Waals surface area contributed by atoms with E-state index < -0.39 is 0 Å². The van der Waals surface area contributed by atoms with Gasteiger partial charge >= 0.3 is 0 Å². The van der Waals surface area contributed by atoms with E-state index in [4.69, 9.17) is 0 Å². The number of rotatable bonds is 8. The zero-order valence-electron chi connectivity index (χ0n) is 16.8. The second kappa shape index (κ2) is 9.82. The molecule has 1 heterocycles. The summed E-state index contributed by atoms with van der Waals surface area (Å²) in [7, 11) is 0. The van der Waals surface area contributed by atoms with Crippen molar-refractivity contribution in [2.75, 3.05) is 11.9 Å². The Hall–Kier alpha value is -3.21. The molecule has 0 aliphatic heterocycles. The predicted molar refractivity (Wildman–Crippen MR) is 114 cm³/mol. The zero-order chi connectivity index (χ0) is 20.6. The van der Waals surface area contributed by atoms with E-state index >= 15 is 0 Å². The number of nitrogens with one attached hydrogen (secondary N) is 1. The maximum atomic E-state index is 13.0. The lowest BCUT2D eigenvalue weighted by atomic mass is 10.1. The van der Waals surface area contributed by atoms with Crippen LogP contribution >= 0.6 is 0 Å². The summed E-state index contributed by atoms with van der Waals surface area (Å²) in [6.07, 6.45) is 2.46. The van der Waals surface area contributed by atoms with E-state index in [-0.39, 0.29) is 17.8 Å². The molecule has 0 bridgehead atoms. The molecular weight excluding hydrogens is 365 g/mol. The van der Waals surface area contributed by atoms with Crippen LogP contribution in [0.1, 0.15) is 35.5 Å². The minimum atomic E-state index is -0.228. The number of halogens is 1. The molecule has 4 nitrogen and oxygen atoms in total. The summed E-state index contributed by atoms with van der Waals surface area (Å²) in [5.41, 5.74) is 3.43. The molecule has 0 saturated carbocycles. The SMILES string of the molecule is CC(C)N(Cc1ccccc1)C(=O)c1ccc(NCCc2ccc(F)cc2)cn1. The van der Waals surface area contributed by atoms with Crippen LogP contribution in [0.5, 0.6) is 0 Å². The first-order valence-electron chi connectivity index (χ1n) is 9.82. The number of nitrogens with zero attached hydrogens (tertiary/aromatic N) is 2. The third-order valence-corrected chi connectivity index (χ3v) is 4.72. The van der Waals surface area contributed by atoms with Gasteiger partial charge in [0.25, 0.3) is 5.91 Å². The Bertz CT molecular complexity index is 909. The molecule has 0 spiro atoms. The highest BCUT2D eigenvalue weighted by Crippen LogP contribution is 2.14. The number of amides is 1. The molecule has 0 unspecified atom stereocenters. The van der Waals surface area contributed by atoms with Crippen LogP contribution in [0, 0.1) is 5.82 Å². The van der Waals surface area contributed by atoms with Crippen LogP contribution in [-0.4, -0.2) is 28.4 Å². The predicted octanol–water partition coefficient (Wildman–Crippen LogP) is 4.93. The number of aromatic nitrogens is 1. The van der Waals surface area contributed by atoms with Gasteiger partial charge in [-0.15, -0.1) is 0 Å². The average Bonchev–Trinajstić information content (AvgIpc) is 2.74. The van der Waals surface area contributed by atoms with Crippen molar-refractivity contribution in [1.82, 2.24) is 9.88 Å². The van der Waals surface area contributed by atoms with E-state index in [0.717, 1.165) is 23.2 Å². The molecule has 0 fully saturated rings. The van der Waals surface area contributed by atoms with Crippen molar-refractivity contribution in [1.29, 1.82) is 0 Å². The van der Waals surface area contributed by atoms with E-state index in [1.54, 1.807) is 24.4 Å². The minimum Gasteiger partial charge on any atom is -0.383 e. The summed E-state index contributed by atoms with van der Waals surface area (Å²) in [6, 6.07) is 20.1. The lowest BCUT2D eigenvalue weighted by molar-refractivity contribution is 0.0684. The first-order valence-corrected chi connectivity index (χ1v) is 9.82. The van der Waals surface area contributed by atoms with E-state index in [2.05, 4.69) is 10.3 Å². The molecule has 0 radical (unpaired) electrons. The van der Waals surface area contributed by atoms with Crippen LogP contribution in [-0.2, 0) is 13.0 Å². The van der Waals surface area contributed by atoms with Crippen molar-refractivity contribution in [2.24, 2.45) is 0 Å². The molecule has 1 aromatic heterocycles. The van der Waals surface area contributed by atoms with Gasteiger partial charge in [-0.25, -0.2) is 9.37 Å². The Morgan fingerprint density at radius 2 is 1.72 bits per heavy atom. The summed E-state index contributed by atoms with van der Waals surface area (Å²) in [5.74, 6) is -0.310. The minimum absolute atomic E-state index is 0.0676. The first kappa shape index (κ1) is 20.5. The van der Waals surface area contributed by atoms with Crippen molar-refractivity contribution < 1.29 is 9.18 Å². The van der Waals surface area contributed by atoms with Gasteiger partial charge in [-0.2, -0.15) is 0 Å². The molecule has 2 aromatic carbocycles. The second-order valence-electron chi connectivity index (χ2n) is 7.25. The van der Waals surface area contributed by atoms with E-state index in [1.807, 2.05) is 55.1 Å². The first-order chi connectivity index (χ1) is 14.0. The van der Waals surface area contributed by atoms with Crippen LogP contribution in [0.25, 0.3) is 0 Å². The summed E-state index contributed by atoms with van der Waals surface area (Å²) >= 11 is 0. The summed E-state index contributed by atoms with van der Waals surface area (Å²) in [4.78, 5) is 19.1. The molecular formula is C24H26FN3O. The van der Waals surface area contributed by atoms with Crippen molar-refractivity contribution >= 4 is 11.6 Å². The van der Waals surface area contributed by atoms with E-state index in [1.165, 1.54) is 12.1 Å². The number of anilines is 1. The molecule has 1 amide bonds. The molecule has 3 rings (SSSR count). The van der Waals surface area contributed by atoms with Crippen LogP contribution in [0.3, 0.4) is 0 Å². The van der Waals surface area contributed by atoms with Crippen LogP contribution < -0.4 is 5.32 Å². The monoisotopic (exact) mass is 391 g/mol. The van der Waals surface area contributed by atoms with Crippen molar-refractivity contribution in [3.8, 4) is 0 Å². The molecule has 0 aliphatic carbocycles. The van der Waals surface area contributed by atoms with Gasteiger partial charge < -0.3 is 10.2 Å². The highest BCUT2D eigenvalue weighted by molar-refractivity contribution is 5.92. The number of benzene rings is 2. The Kier molecular flexibility index (Phi) is 6.95. The van der Waals surface area contributed by atoms with Gasteiger partial charge in [0.05, 0.1) is 11.9 Å². The Morgan fingerprint density at radius 1 is 1.00 bits per heavy atom. The lowest BCUT2D eigenvalue weighted by Gasteiger charge is -2.26. The van der Waals surface area contributed by atoms with Crippen LogP contribution in [0.2, 0.25) is 0 Å². The number of carbonyl (C=O) groups excluding carboxylic acids is 1. The van der Waals surface area contributed by atoms with E-state index in [0.29, 0.717) is 18.8 Å². The Labute approximate surface area is 171 Å². The van der Waals surface area contributed by atoms with Gasteiger partial charge in [-0.1, -0.05) is 42.5 Å². The number of hydrogen-bond acceptors (Lipinski definition) is 3. The zero-order valence-corrected chi connectivity index (χ0v) is 16.8. The fraction of sp³-hybridized carbons (Fsp3) is 0.250. The molecule has 0 atom stereocenters. The van der Waals surface area contributed by atoms with Crippen molar-refractivity contribution in [3.63, 3.8) is 0 Å².